The van der Waals surface area contributed by atoms with Crippen LogP contribution in [0.25, 0.3) is 0 Å². The number of rotatable bonds is 6. The lowest BCUT2D eigenvalue weighted by Gasteiger charge is -2.36. The van der Waals surface area contributed by atoms with Crippen molar-refractivity contribution in [3.63, 3.8) is 0 Å². The number of hydrogen-bond donors (Lipinski definition) is 2. The number of amides is 1. The molecule has 0 unspecified atom stereocenters. The van der Waals surface area contributed by atoms with Crippen LogP contribution in [0.5, 0.6) is 0 Å². The van der Waals surface area contributed by atoms with E-state index in [4.69, 9.17) is 0 Å². The van der Waals surface area contributed by atoms with Crippen molar-refractivity contribution in [3.05, 3.63) is 47.5 Å². The predicted molar refractivity (Wildman–Crippen MR) is 94.8 cm³/mol. The number of H-pyrrole nitrogens is 1. The first kappa shape index (κ1) is 17.4. The molecule has 1 aromatic carbocycles. The Morgan fingerprint density at radius 1 is 1.24 bits per heavy atom. The summed E-state index contributed by atoms with van der Waals surface area (Å²) in [5.74, 6) is -0.0501. The Hall–Kier alpha value is -2.41. The Labute approximate surface area is 147 Å². The Kier molecular flexibility index (Phi) is 5.65. The molecule has 25 heavy (non-hydrogen) atoms. The third-order valence-corrected chi connectivity index (χ3v) is 4.59. The fourth-order valence-corrected chi connectivity index (χ4v) is 3.00. The van der Waals surface area contributed by atoms with Crippen molar-refractivity contribution in [3.8, 4) is 0 Å². The number of aromatic nitrogens is 2. The number of piperazine rings is 1. The van der Waals surface area contributed by atoms with Crippen LogP contribution in [0.15, 0.2) is 30.5 Å². The Morgan fingerprint density at radius 2 is 1.96 bits per heavy atom. The van der Waals surface area contributed by atoms with E-state index in [2.05, 4.69) is 20.4 Å². The van der Waals surface area contributed by atoms with Crippen molar-refractivity contribution in [2.75, 3.05) is 37.6 Å². The lowest BCUT2D eigenvalue weighted by atomic mass is 10.2. The zero-order valence-corrected chi connectivity index (χ0v) is 14.5. The lowest BCUT2D eigenvalue weighted by molar-refractivity contribution is -0.131. The summed E-state index contributed by atoms with van der Waals surface area (Å²) >= 11 is 0. The summed E-state index contributed by atoms with van der Waals surface area (Å²) in [6.45, 7) is 6.32. The zero-order valence-electron chi connectivity index (χ0n) is 14.5. The summed E-state index contributed by atoms with van der Waals surface area (Å²) in [4.78, 5) is 16.4. The summed E-state index contributed by atoms with van der Waals surface area (Å²) < 4.78 is 13.0. The number of aromatic amines is 1. The molecule has 1 fully saturated rings. The van der Waals surface area contributed by atoms with E-state index >= 15 is 0 Å². The molecule has 1 aromatic heterocycles. The second-order valence-electron chi connectivity index (χ2n) is 6.29. The molecule has 3 rings (SSSR count). The molecule has 1 saturated heterocycles. The number of halogens is 1. The van der Waals surface area contributed by atoms with Crippen molar-refractivity contribution >= 4 is 11.6 Å². The summed E-state index contributed by atoms with van der Waals surface area (Å²) in [5, 5.41) is 10.2. The molecular formula is C18H24FN5O. The van der Waals surface area contributed by atoms with Crippen LogP contribution < -0.4 is 10.2 Å². The molecule has 1 amide bonds. The summed E-state index contributed by atoms with van der Waals surface area (Å²) in [5.41, 5.74) is 3.18. The number of nitrogens with zero attached hydrogens (tertiary/aromatic N) is 3. The van der Waals surface area contributed by atoms with Crippen molar-refractivity contribution in [1.29, 1.82) is 0 Å². The van der Waals surface area contributed by atoms with Crippen LogP contribution in [-0.2, 0) is 11.3 Å². The summed E-state index contributed by atoms with van der Waals surface area (Å²) in [6, 6.07) is 6.52. The van der Waals surface area contributed by atoms with Crippen LogP contribution in [0.1, 0.15) is 17.7 Å². The minimum Gasteiger partial charge on any atom is -0.368 e. The minimum absolute atomic E-state index is 0.176. The van der Waals surface area contributed by atoms with Crippen LogP contribution in [0, 0.1) is 12.7 Å². The highest BCUT2D eigenvalue weighted by Gasteiger charge is 2.20. The van der Waals surface area contributed by atoms with E-state index in [0.29, 0.717) is 32.6 Å². The van der Waals surface area contributed by atoms with Crippen LogP contribution in [-0.4, -0.2) is 53.7 Å². The van der Waals surface area contributed by atoms with Gasteiger partial charge in [-0.1, -0.05) is 0 Å². The highest BCUT2D eigenvalue weighted by atomic mass is 19.1. The summed E-state index contributed by atoms with van der Waals surface area (Å²) in [6.07, 6.45) is 2.30. The lowest BCUT2D eigenvalue weighted by Crippen LogP contribution is -2.49. The maximum absolute atomic E-state index is 13.0. The SMILES string of the molecule is Cc1[nH]ncc1CNCCC(=O)N1CCN(c2ccc(F)cc2)CC1. The van der Waals surface area contributed by atoms with E-state index in [1.54, 1.807) is 18.3 Å². The van der Waals surface area contributed by atoms with Crippen molar-refractivity contribution < 1.29 is 9.18 Å². The Balaban J connectivity index is 1.38. The monoisotopic (exact) mass is 345 g/mol. The van der Waals surface area contributed by atoms with Crippen LogP contribution in [0.2, 0.25) is 0 Å². The fourth-order valence-electron chi connectivity index (χ4n) is 3.00. The molecule has 0 saturated carbocycles. The predicted octanol–water partition coefficient (Wildman–Crippen LogP) is 1.69. The molecule has 6 nitrogen and oxygen atoms in total. The molecule has 0 radical (unpaired) electrons. The van der Waals surface area contributed by atoms with E-state index in [1.165, 1.54) is 12.1 Å². The fraction of sp³-hybridized carbons (Fsp3) is 0.444. The van der Waals surface area contributed by atoms with E-state index < -0.39 is 0 Å². The van der Waals surface area contributed by atoms with Gasteiger partial charge < -0.3 is 15.1 Å². The van der Waals surface area contributed by atoms with E-state index in [-0.39, 0.29) is 11.7 Å². The van der Waals surface area contributed by atoms with Gasteiger partial charge in [0.1, 0.15) is 5.82 Å². The second-order valence-corrected chi connectivity index (χ2v) is 6.29. The highest BCUT2D eigenvalue weighted by molar-refractivity contribution is 5.76. The van der Waals surface area contributed by atoms with Gasteiger partial charge in [-0.3, -0.25) is 9.89 Å². The molecule has 2 N–H and O–H groups in total. The molecular weight excluding hydrogens is 321 g/mol. The largest absolute Gasteiger partial charge is 0.368 e. The number of benzene rings is 1. The molecule has 7 heteroatoms. The third-order valence-electron chi connectivity index (χ3n) is 4.59. The first-order valence-corrected chi connectivity index (χ1v) is 8.61. The molecule has 2 heterocycles. The molecule has 0 spiro atoms. The van der Waals surface area contributed by atoms with Crippen LogP contribution in [0.4, 0.5) is 10.1 Å². The number of carbonyl (C=O) groups is 1. The van der Waals surface area contributed by atoms with E-state index in [9.17, 15) is 9.18 Å². The van der Waals surface area contributed by atoms with Crippen molar-refractivity contribution in [2.24, 2.45) is 0 Å². The quantitative estimate of drug-likeness (QED) is 0.782. The van der Waals surface area contributed by atoms with Crippen molar-refractivity contribution in [1.82, 2.24) is 20.4 Å². The number of aryl methyl sites for hydroxylation is 1. The maximum atomic E-state index is 13.0. The normalized spacial score (nSPS) is 14.8. The molecule has 1 aliphatic rings. The standard InChI is InChI=1S/C18H24FN5O/c1-14-15(13-21-22-14)12-20-7-6-18(25)24-10-8-23(9-11-24)17-4-2-16(19)3-5-17/h2-5,13,20H,6-12H2,1H3,(H,21,22). The van der Waals surface area contributed by atoms with Crippen LogP contribution >= 0.6 is 0 Å². The molecule has 134 valence electrons. The van der Waals surface area contributed by atoms with E-state index in [1.807, 2.05) is 11.8 Å². The molecule has 2 aromatic rings. The van der Waals surface area contributed by atoms with Gasteiger partial charge in [0.15, 0.2) is 0 Å². The smallest absolute Gasteiger partial charge is 0.223 e. The average Bonchev–Trinajstić information content (AvgIpc) is 3.04. The van der Waals surface area contributed by atoms with Gasteiger partial charge in [-0.25, -0.2) is 4.39 Å². The van der Waals surface area contributed by atoms with Crippen LogP contribution in [0.3, 0.4) is 0 Å². The van der Waals surface area contributed by atoms with Gasteiger partial charge in [0.2, 0.25) is 5.91 Å². The second kappa shape index (κ2) is 8.11. The molecule has 0 aliphatic carbocycles. The maximum Gasteiger partial charge on any atom is 0.223 e. The van der Waals surface area contributed by atoms with Gasteiger partial charge in [-0.05, 0) is 31.2 Å². The Morgan fingerprint density at radius 3 is 2.60 bits per heavy atom. The Bertz CT molecular complexity index is 692. The van der Waals surface area contributed by atoms with Crippen molar-refractivity contribution in [2.45, 2.75) is 19.9 Å². The third kappa shape index (κ3) is 4.57. The molecule has 0 bridgehead atoms. The van der Waals surface area contributed by atoms with E-state index in [0.717, 1.165) is 30.0 Å². The minimum atomic E-state index is -0.226. The van der Waals surface area contributed by atoms with Gasteiger partial charge in [-0.2, -0.15) is 5.10 Å². The van der Waals surface area contributed by atoms with Gasteiger partial charge >= 0.3 is 0 Å². The number of hydrogen-bond acceptors (Lipinski definition) is 4. The average molecular weight is 345 g/mol. The summed E-state index contributed by atoms with van der Waals surface area (Å²) in [7, 11) is 0. The number of nitrogens with one attached hydrogen (secondary N) is 2. The number of carbonyl (C=O) groups excluding carboxylic acids is 1. The topological polar surface area (TPSA) is 64.3 Å². The van der Waals surface area contributed by atoms with Gasteiger partial charge in [0.05, 0.1) is 6.20 Å². The first-order valence-electron chi connectivity index (χ1n) is 8.61. The molecule has 1 aliphatic heterocycles. The van der Waals surface area contributed by atoms with Gasteiger partial charge in [0.25, 0.3) is 0 Å². The highest BCUT2D eigenvalue weighted by Crippen LogP contribution is 2.17. The van der Waals surface area contributed by atoms with Gasteiger partial charge in [-0.15, -0.1) is 0 Å². The molecule has 0 atom stereocenters. The first-order chi connectivity index (χ1) is 12.1. The van der Waals surface area contributed by atoms with Gasteiger partial charge in [0, 0.05) is 62.6 Å². The number of anilines is 1. The zero-order chi connectivity index (χ0) is 17.6.